The molecular weight excluding hydrogens is 332 g/mol. The molecule has 0 radical (unpaired) electrons. The van der Waals surface area contributed by atoms with E-state index in [4.69, 9.17) is 10.9 Å². The van der Waals surface area contributed by atoms with Crippen molar-refractivity contribution in [3.63, 3.8) is 0 Å². The van der Waals surface area contributed by atoms with Gasteiger partial charge in [0.05, 0.1) is 0 Å². The van der Waals surface area contributed by atoms with Crippen LogP contribution in [-0.2, 0) is 0 Å². The smallest absolute Gasteiger partial charge is 0.0441 e. The molecule has 0 aromatic rings. The Morgan fingerprint density at radius 3 is 1.56 bits per heavy atom. The van der Waals surface area contributed by atoms with Crippen molar-refractivity contribution in [1.29, 1.82) is 0 Å². The molecule has 0 atom stereocenters. The fraction of sp³-hybridized carbons (Fsp3) is 0.792. The summed E-state index contributed by atoms with van der Waals surface area (Å²) in [6.45, 7) is 18.3. The molecule has 0 unspecified atom stereocenters. The maximum absolute atomic E-state index is 8.30. The summed E-state index contributed by atoms with van der Waals surface area (Å²) in [5.74, 6) is 0. The van der Waals surface area contributed by atoms with E-state index in [2.05, 4.69) is 72.7 Å². The van der Waals surface area contributed by atoms with Gasteiger partial charge in [-0.3, -0.25) is 0 Å². The molecule has 3 N–H and O–H groups in total. The zero-order valence-electron chi connectivity index (χ0n) is 18.2. The maximum atomic E-state index is 8.30. The highest BCUT2D eigenvalue weighted by Gasteiger charge is 2.15. The minimum absolute atomic E-state index is 0. The van der Waals surface area contributed by atoms with Gasteiger partial charge in [-0.2, -0.15) is 0 Å². The van der Waals surface area contributed by atoms with Crippen LogP contribution in [0.25, 0.3) is 0 Å². The molecule has 3 nitrogen and oxygen atoms in total. The largest absolute Gasteiger partial charge is 0.411 e. The number of oxime groups is 1. The lowest BCUT2D eigenvalue weighted by atomic mass is 9.84. The predicted molar refractivity (Wildman–Crippen MR) is 127 cm³/mol. The Balaban J connectivity index is -0.000000183. The van der Waals surface area contributed by atoms with E-state index < -0.39 is 0 Å². The van der Waals surface area contributed by atoms with Gasteiger partial charge in [-0.15, -0.1) is 5.16 Å². The number of hydrogen-bond acceptors (Lipinski definition) is 3. The number of nitrogens with zero attached hydrogens (tertiary/aromatic N) is 1. The zero-order chi connectivity index (χ0) is 19.9. The van der Waals surface area contributed by atoms with Gasteiger partial charge in [0.1, 0.15) is 0 Å². The molecule has 0 spiro atoms. The fourth-order valence-electron chi connectivity index (χ4n) is 2.41. The summed E-state index contributed by atoms with van der Waals surface area (Å²) in [5.41, 5.74) is 8.96. The molecule has 0 aliphatic heterocycles. The van der Waals surface area contributed by atoms with E-state index in [0.717, 1.165) is 32.2 Å². The van der Waals surface area contributed by atoms with Crippen molar-refractivity contribution < 1.29 is 5.21 Å². The van der Waals surface area contributed by atoms with Crippen molar-refractivity contribution in [2.45, 2.75) is 109 Å². The van der Waals surface area contributed by atoms with Gasteiger partial charge in [-0.1, -0.05) is 65.8 Å². The summed E-state index contributed by atoms with van der Waals surface area (Å²) in [5, 5.41) is 11.3. The van der Waals surface area contributed by atoms with Crippen molar-refractivity contribution in [1.82, 2.24) is 0 Å². The molecule has 0 saturated heterocycles. The molecule has 3 heteroatoms. The monoisotopic (exact) mass is 384 g/mol. The van der Waals surface area contributed by atoms with Crippen LogP contribution in [0.15, 0.2) is 28.5 Å². The molecule has 0 aromatic carbocycles. The van der Waals surface area contributed by atoms with Crippen LogP contribution in [0.5, 0.6) is 0 Å². The molecule has 0 aromatic heterocycles. The Hall–Kier alpha value is -1.09. The molecule has 0 fully saturated rings. The third-order valence-corrected chi connectivity index (χ3v) is 4.29. The van der Waals surface area contributed by atoms with E-state index in [-0.39, 0.29) is 20.3 Å². The molecule has 0 aliphatic carbocycles. The van der Waals surface area contributed by atoms with E-state index in [1.807, 2.05) is 0 Å². The highest BCUT2D eigenvalue weighted by molar-refractivity contribution is 5.57. The topological polar surface area (TPSA) is 58.6 Å². The molecule has 0 amide bonds. The lowest BCUT2D eigenvalue weighted by Gasteiger charge is -2.22. The third kappa shape index (κ3) is 27.2. The van der Waals surface area contributed by atoms with Gasteiger partial charge >= 0.3 is 0 Å². The van der Waals surface area contributed by atoms with Gasteiger partial charge in [-0.25, -0.2) is 0 Å². The lowest BCUT2D eigenvalue weighted by molar-refractivity contribution is 0.310. The highest BCUT2D eigenvalue weighted by atomic mass is 16.4. The van der Waals surface area contributed by atoms with Crippen molar-refractivity contribution in [3.05, 3.63) is 23.3 Å². The number of hydrogen-bond donors (Lipinski definition) is 2. The standard InChI is InChI=1S/C11H21NO.C11H23N.2CH4/c1-10(2)6-5-7-11(3,4)8-9-12-13;1-10(2)6-5-7-11(3,4)8-9-12;;/h6,9,13H,5,7-8H2,1-4H3;6H,5,7-9,12H2,1-4H3;2*1H4/b12-9-;;;. The van der Waals surface area contributed by atoms with Crippen molar-refractivity contribution in [2.75, 3.05) is 6.54 Å². The molecule has 0 bridgehead atoms. The average molecular weight is 385 g/mol. The van der Waals surface area contributed by atoms with E-state index in [1.165, 1.54) is 24.0 Å². The van der Waals surface area contributed by atoms with Crippen LogP contribution in [0.4, 0.5) is 0 Å². The summed E-state index contributed by atoms with van der Waals surface area (Å²) in [4.78, 5) is 0. The van der Waals surface area contributed by atoms with Crippen LogP contribution in [0.2, 0.25) is 0 Å². The Morgan fingerprint density at radius 2 is 1.22 bits per heavy atom. The second kappa shape index (κ2) is 18.3. The normalized spacial score (nSPS) is 10.9. The van der Waals surface area contributed by atoms with Gasteiger partial charge in [0, 0.05) is 6.21 Å². The summed E-state index contributed by atoms with van der Waals surface area (Å²) in [6.07, 6.45) is 12.8. The van der Waals surface area contributed by atoms with Crippen molar-refractivity contribution >= 4 is 6.21 Å². The first kappa shape index (κ1) is 33.5. The van der Waals surface area contributed by atoms with E-state index in [9.17, 15) is 0 Å². The first-order chi connectivity index (χ1) is 11.5. The van der Waals surface area contributed by atoms with Crippen LogP contribution in [-0.4, -0.2) is 18.0 Å². The molecule has 27 heavy (non-hydrogen) atoms. The minimum Gasteiger partial charge on any atom is -0.411 e. The SMILES string of the molecule is C.C.CC(C)=CCCC(C)(C)C/C=N\O.CC(C)=CCCC(C)(C)CCN. The summed E-state index contributed by atoms with van der Waals surface area (Å²) < 4.78 is 0. The minimum atomic E-state index is 0. The van der Waals surface area contributed by atoms with Gasteiger partial charge < -0.3 is 10.9 Å². The lowest BCUT2D eigenvalue weighted by Crippen LogP contribution is -2.16. The van der Waals surface area contributed by atoms with Gasteiger partial charge in [0.15, 0.2) is 0 Å². The van der Waals surface area contributed by atoms with E-state index in [1.54, 1.807) is 6.21 Å². The first-order valence-electron chi connectivity index (χ1n) is 9.58. The summed E-state index contributed by atoms with van der Waals surface area (Å²) >= 11 is 0. The van der Waals surface area contributed by atoms with E-state index in [0.29, 0.717) is 5.41 Å². The summed E-state index contributed by atoms with van der Waals surface area (Å²) in [7, 11) is 0. The van der Waals surface area contributed by atoms with Gasteiger partial charge in [0.25, 0.3) is 0 Å². The molecule has 0 rings (SSSR count). The predicted octanol–water partition coefficient (Wildman–Crippen LogP) is 7.99. The Kier molecular flexibility index (Phi) is 22.7. The molecular formula is C24H52N2O. The molecule has 0 heterocycles. The molecule has 164 valence electrons. The van der Waals surface area contributed by atoms with Crippen LogP contribution < -0.4 is 5.73 Å². The van der Waals surface area contributed by atoms with Crippen LogP contribution in [0.3, 0.4) is 0 Å². The molecule has 0 saturated carbocycles. The fourth-order valence-corrected chi connectivity index (χ4v) is 2.41. The van der Waals surface area contributed by atoms with E-state index >= 15 is 0 Å². The zero-order valence-corrected chi connectivity index (χ0v) is 18.2. The van der Waals surface area contributed by atoms with Crippen LogP contribution in [0, 0.1) is 10.8 Å². The molecule has 0 aliphatic rings. The maximum Gasteiger partial charge on any atom is 0.0441 e. The van der Waals surface area contributed by atoms with Crippen molar-refractivity contribution in [3.8, 4) is 0 Å². The van der Waals surface area contributed by atoms with Gasteiger partial charge in [0.2, 0.25) is 0 Å². The average Bonchev–Trinajstić information content (AvgIpc) is 2.44. The summed E-state index contributed by atoms with van der Waals surface area (Å²) in [6, 6.07) is 0. The van der Waals surface area contributed by atoms with Crippen LogP contribution in [0.1, 0.15) is 109 Å². The number of allylic oxidation sites excluding steroid dienone is 4. The third-order valence-electron chi connectivity index (χ3n) is 4.29. The number of rotatable bonds is 10. The second-order valence-corrected chi connectivity index (χ2v) is 9.01. The Morgan fingerprint density at radius 1 is 0.815 bits per heavy atom. The Labute approximate surface area is 172 Å². The Bertz CT molecular complexity index is 410. The van der Waals surface area contributed by atoms with Gasteiger partial charge in [-0.05, 0) is 83.6 Å². The van der Waals surface area contributed by atoms with Crippen molar-refractivity contribution in [2.24, 2.45) is 21.7 Å². The highest BCUT2D eigenvalue weighted by Crippen LogP contribution is 2.26. The number of nitrogens with two attached hydrogens (primary N) is 1. The first-order valence-corrected chi connectivity index (χ1v) is 9.58. The quantitative estimate of drug-likeness (QED) is 0.173. The van der Waals surface area contributed by atoms with Crippen LogP contribution >= 0.6 is 0 Å². The second-order valence-electron chi connectivity index (χ2n) is 9.01.